The number of rotatable bonds is 6. The summed E-state index contributed by atoms with van der Waals surface area (Å²) in [6.45, 7) is 7.26. The summed E-state index contributed by atoms with van der Waals surface area (Å²) in [5.41, 5.74) is 0.0767. The normalized spacial score (nSPS) is 10.6. The van der Waals surface area contributed by atoms with Crippen molar-refractivity contribution in [3.63, 3.8) is 0 Å². The maximum Gasteiger partial charge on any atom is 0.319 e. The SMILES string of the molecule is CCN(CC)CCNC(=O)Nc1cccc(Cl)c1F. The molecule has 0 fully saturated rings. The second-order valence-corrected chi connectivity index (χ2v) is 4.42. The highest BCUT2D eigenvalue weighted by molar-refractivity contribution is 6.31. The molecule has 0 unspecified atom stereocenters. The zero-order chi connectivity index (χ0) is 14.3. The van der Waals surface area contributed by atoms with Gasteiger partial charge in [-0.2, -0.15) is 0 Å². The zero-order valence-electron chi connectivity index (χ0n) is 11.2. The minimum atomic E-state index is -0.622. The number of nitrogens with one attached hydrogen (secondary N) is 2. The van der Waals surface area contributed by atoms with E-state index >= 15 is 0 Å². The second kappa shape index (κ2) is 7.96. The van der Waals surface area contributed by atoms with Crippen LogP contribution in [0.15, 0.2) is 18.2 Å². The van der Waals surface area contributed by atoms with Crippen molar-refractivity contribution in [1.29, 1.82) is 0 Å². The third-order valence-electron chi connectivity index (χ3n) is 2.81. The molecule has 0 aliphatic carbocycles. The summed E-state index contributed by atoms with van der Waals surface area (Å²) >= 11 is 5.63. The molecule has 1 aromatic rings. The number of nitrogens with zero attached hydrogens (tertiary/aromatic N) is 1. The number of benzene rings is 1. The predicted octanol–water partition coefficient (Wildman–Crippen LogP) is 2.94. The Morgan fingerprint density at radius 2 is 2.05 bits per heavy atom. The van der Waals surface area contributed by atoms with Crippen LogP contribution in [0.4, 0.5) is 14.9 Å². The van der Waals surface area contributed by atoms with Crippen molar-refractivity contribution in [3.05, 3.63) is 29.0 Å². The number of likely N-dealkylation sites (N-methyl/N-ethyl adjacent to an activating group) is 1. The number of carbonyl (C=O) groups is 1. The first-order valence-electron chi connectivity index (χ1n) is 6.29. The summed E-state index contributed by atoms with van der Waals surface area (Å²) in [6, 6.07) is 4.04. The van der Waals surface area contributed by atoms with Crippen LogP contribution < -0.4 is 10.6 Å². The van der Waals surface area contributed by atoms with Gasteiger partial charge in [-0.15, -0.1) is 0 Å². The van der Waals surface area contributed by atoms with Gasteiger partial charge in [-0.1, -0.05) is 31.5 Å². The van der Waals surface area contributed by atoms with Gasteiger partial charge in [-0.3, -0.25) is 0 Å². The summed E-state index contributed by atoms with van der Waals surface area (Å²) in [5.74, 6) is -0.622. The van der Waals surface area contributed by atoms with Crippen LogP contribution in [0.25, 0.3) is 0 Å². The van der Waals surface area contributed by atoms with Crippen molar-refractivity contribution < 1.29 is 9.18 Å². The number of halogens is 2. The van der Waals surface area contributed by atoms with E-state index in [4.69, 9.17) is 11.6 Å². The van der Waals surface area contributed by atoms with Crippen molar-refractivity contribution in [2.45, 2.75) is 13.8 Å². The fraction of sp³-hybridized carbons (Fsp3) is 0.462. The highest BCUT2D eigenvalue weighted by Gasteiger charge is 2.09. The van der Waals surface area contributed by atoms with Crippen LogP contribution >= 0.6 is 11.6 Å². The Kier molecular flexibility index (Phi) is 6.59. The highest BCUT2D eigenvalue weighted by atomic mass is 35.5. The lowest BCUT2D eigenvalue weighted by Crippen LogP contribution is -2.37. The Labute approximate surface area is 117 Å². The first kappa shape index (κ1) is 15.7. The lowest BCUT2D eigenvalue weighted by molar-refractivity contribution is 0.247. The van der Waals surface area contributed by atoms with Crippen molar-refractivity contribution in [2.24, 2.45) is 0 Å². The van der Waals surface area contributed by atoms with E-state index in [-0.39, 0.29) is 10.7 Å². The molecule has 1 rings (SSSR count). The minimum Gasteiger partial charge on any atom is -0.337 e. The van der Waals surface area contributed by atoms with Crippen LogP contribution in [0.2, 0.25) is 5.02 Å². The van der Waals surface area contributed by atoms with E-state index in [9.17, 15) is 9.18 Å². The zero-order valence-corrected chi connectivity index (χ0v) is 11.9. The predicted molar refractivity (Wildman–Crippen MR) is 76.2 cm³/mol. The Morgan fingerprint density at radius 3 is 2.68 bits per heavy atom. The number of carbonyl (C=O) groups excluding carboxylic acids is 1. The molecule has 0 spiro atoms. The van der Waals surface area contributed by atoms with Gasteiger partial charge in [-0.05, 0) is 25.2 Å². The number of hydrogen-bond acceptors (Lipinski definition) is 2. The molecule has 0 aliphatic heterocycles. The van der Waals surface area contributed by atoms with E-state index in [1.807, 2.05) is 0 Å². The molecule has 6 heteroatoms. The van der Waals surface area contributed by atoms with E-state index in [2.05, 4.69) is 29.4 Å². The number of anilines is 1. The highest BCUT2D eigenvalue weighted by Crippen LogP contribution is 2.21. The van der Waals surface area contributed by atoms with E-state index in [1.165, 1.54) is 12.1 Å². The van der Waals surface area contributed by atoms with Crippen molar-refractivity contribution >= 4 is 23.3 Å². The van der Waals surface area contributed by atoms with Crippen molar-refractivity contribution in [1.82, 2.24) is 10.2 Å². The molecule has 2 N–H and O–H groups in total. The molecule has 0 bridgehead atoms. The largest absolute Gasteiger partial charge is 0.337 e. The Morgan fingerprint density at radius 1 is 1.37 bits per heavy atom. The molecule has 0 radical (unpaired) electrons. The van der Waals surface area contributed by atoms with Gasteiger partial charge in [-0.25, -0.2) is 9.18 Å². The fourth-order valence-electron chi connectivity index (χ4n) is 1.63. The van der Waals surface area contributed by atoms with Crippen molar-refractivity contribution in [3.8, 4) is 0 Å². The van der Waals surface area contributed by atoms with Gasteiger partial charge >= 0.3 is 6.03 Å². The lowest BCUT2D eigenvalue weighted by Gasteiger charge is -2.18. The molecular formula is C13H19ClFN3O. The summed E-state index contributed by atoms with van der Waals surface area (Å²) in [7, 11) is 0. The molecule has 4 nitrogen and oxygen atoms in total. The molecule has 0 aliphatic rings. The van der Waals surface area contributed by atoms with Crippen LogP contribution in [0.5, 0.6) is 0 Å². The smallest absolute Gasteiger partial charge is 0.319 e. The first-order valence-corrected chi connectivity index (χ1v) is 6.67. The molecule has 2 amide bonds. The first-order chi connectivity index (χ1) is 9.08. The van der Waals surface area contributed by atoms with Crippen LogP contribution in [0, 0.1) is 5.82 Å². The molecule has 1 aromatic carbocycles. The van der Waals surface area contributed by atoms with Crippen LogP contribution in [-0.4, -0.2) is 37.1 Å². The molecule has 0 atom stereocenters. The summed E-state index contributed by atoms with van der Waals surface area (Å²) < 4.78 is 13.5. The monoisotopic (exact) mass is 287 g/mol. The van der Waals surface area contributed by atoms with Gasteiger partial charge in [0.2, 0.25) is 0 Å². The number of hydrogen-bond donors (Lipinski definition) is 2. The molecule has 0 saturated carbocycles. The molecule has 106 valence electrons. The summed E-state index contributed by atoms with van der Waals surface area (Å²) in [6.07, 6.45) is 0. The molecule has 19 heavy (non-hydrogen) atoms. The van der Waals surface area contributed by atoms with Crippen LogP contribution in [-0.2, 0) is 0 Å². The van der Waals surface area contributed by atoms with E-state index in [0.29, 0.717) is 6.54 Å². The van der Waals surface area contributed by atoms with Gasteiger partial charge < -0.3 is 15.5 Å². The van der Waals surface area contributed by atoms with Gasteiger partial charge in [0.1, 0.15) is 0 Å². The van der Waals surface area contributed by atoms with Gasteiger partial charge in [0.15, 0.2) is 5.82 Å². The minimum absolute atomic E-state index is 0.0130. The maximum atomic E-state index is 13.5. The Bertz CT molecular complexity index is 424. The quantitative estimate of drug-likeness (QED) is 0.845. The van der Waals surface area contributed by atoms with Gasteiger partial charge in [0.05, 0.1) is 10.7 Å². The molecular weight excluding hydrogens is 269 g/mol. The molecule has 0 heterocycles. The lowest BCUT2D eigenvalue weighted by atomic mass is 10.3. The summed E-state index contributed by atoms with van der Waals surface area (Å²) in [4.78, 5) is 13.8. The topological polar surface area (TPSA) is 44.4 Å². The van der Waals surface area contributed by atoms with E-state index in [1.54, 1.807) is 6.07 Å². The maximum absolute atomic E-state index is 13.5. The Hall–Kier alpha value is -1.33. The number of amides is 2. The van der Waals surface area contributed by atoms with Gasteiger partial charge in [0, 0.05) is 13.1 Å². The second-order valence-electron chi connectivity index (χ2n) is 4.01. The fourth-order valence-corrected chi connectivity index (χ4v) is 1.81. The Balaban J connectivity index is 2.41. The molecule has 0 saturated heterocycles. The average Bonchev–Trinajstić information content (AvgIpc) is 2.40. The third-order valence-corrected chi connectivity index (χ3v) is 3.10. The average molecular weight is 288 g/mol. The standard InChI is InChI=1S/C13H19ClFN3O/c1-3-18(4-2)9-8-16-13(19)17-11-7-5-6-10(14)12(11)15/h5-7H,3-4,8-9H2,1-2H3,(H2,16,17,19). The summed E-state index contributed by atoms with van der Waals surface area (Å²) in [5, 5.41) is 5.10. The van der Waals surface area contributed by atoms with Gasteiger partial charge in [0.25, 0.3) is 0 Å². The van der Waals surface area contributed by atoms with E-state index in [0.717, 1.165) is 19.6 Å². The molecule has 0 aromatic heterocycles. The number of urea groups is 1. The van der Waals surface area contributed by atoms with Crippen LogP contribution in [0.3, 0.4) is 0 Å². The third kappa shape index (κ3) is 5.04. The van der Waals surface area contributed by atoms with E-state index < -0.39 is 11.8 Å². The van der Waals surface area contributed by atoms with Crippen molar-refractivity contribution in [2.75, 3.05) is 31.5 Å². The van der Waals surface area contributed by atoms with Crippen LogP contribution in [0.1, 0.15) is 13.8 Å².